The van der Waals surface area contributed by atoms with Crippen LogP contribution < -0.4 is 5.32 Å². The standard InChI is InChI=1S/C26H33N3S/c1-19-16-17-29-24(18-19)28-25(26(29)27-21-8-4-2-5-9-21)20-12-14-23(15-13-20)30-22-10-6-3-7-11-22/h12-18,21-22,27H,2-11H2,1H3. The summed E-state index contributed by atoms with van der Waals surface area (Å²) >= 11 is 2.07. The molecule has 0 bridgehead atoms. The van der Waals surface area contributed by atoms with Crippen LogP contribution in [0.5, 0.6) is 0 Å². The summed E-state index contributed by atoms with van der Waals surface area (Å²) in [5.74, 6) is 1.16. The van der Waals surface area contributed by atoms with Crippen LogP contribution in [0.4, 0.5) is 5.82 Å². The molecule has 0 atom stereocenters. The highest BCUT2D eigenvalue weighted by Crippen LogP contribution is 2.36. The lowest BCUT2D eigenvalue weighted by molar-refractivity contribution is 0.462. The SMILES string of the molecule is Cc1ccn2c(NC3CCCCC3)c(-c3ccc(SC4CCCCC4)cc3)nc2c1. The van der Waals surface area contributed by atoms with E-state index in [0.29, 0.717) is 6.04 Å². The third kappa shape index (κ3) is 4.39. The van der Waals surface area contributed by atoms with Crippen LogP contribution in [0.1, 0.15) is 69.8 Å². The zero-order valence-electron chi connectivity index (χ0n) is 18.1. The fourth-order valence-electron chi connectivity index (χ4n) is 4.99. The number of fused-ring (bicyclic) bond motifs is 1. The van der Waals surface area contributed by atoms with E-state index in [1.165, 1.54) is 80.2 Å². The maximum atomic E-state index is 5.05. The molecule has 1 aromatic carbocycles. The van der Waals surface area contributed by atoms with Crippen molar-refractivity contribution in [1.29, 1.82) is 0 Å². The largest absolute Gasteiger partial charge is 0.367 e. The summed E-state index contributed by atoms with van der Waals surface area (Å²) in [6.45, 7) is 2.14. The molecular formula is C26H33N3S. The van der Waals surface area contributed by atoms with Crippen LogP contribution in [0.2, 0.25) is 0 Å². The first-order chi connectivity index (χ1) is 14.8. The van der Waals surface area contributed by atoms with Crippen LogP contribution in [0.3, 0.4) is 0 Å². The molecule has 0 unspecified atom stereocenters. The quantitative estimate of drug-likeness (QED) is 0.465. The third-order valence-corrected chi connectivity index (χ3v) is 8.06. The smallest absolute Gasteiger partial charge is 0.139 e. The average Bonchev–Trinajstić information content (AvgIpc) is 3.13. The van der Waals surface area contributed by atoms with Gasteiger partial charge in [0, 0.05) is 27.9 Å². The molecule has 0 saturated heterocycles. The van der Waals surface area contributed by atoms with Gasteiger partial charge in [0.15, 0.2) is 0 Å². The molecule has 30 heavy (non-hydrogen) atoms. The molecule has 2 fully saturated rings. The fraction of sp³-hybridized carbons (Fsp3) is 0.500. The molecule has 158 valence electrons. The number of imidazole rings is 1. The van der Waals surface area contributed by atoms with Crippen molar-refractivity contribution in [3.8, 4) is 11.3 Å². The Bertz CT molecular complexity index is 979. The normalized spacial score (nSPS) is 18.7. The molecule has 0 spiro atoms. The lowest BCUT2D eigenvalue weighted by Gasteiger charge is -2.24. The zero-order valence-corrected chi connectivity index (χ0v) is 18.9. The molecule has 2 aliphatic carbocycles. The Labute approximate surface area is 184 Å². The van der Waals surface area contributed by atoms with E-state index in [9.17, 15) is 0 Å². The maximum absolute atomic E-state index is 5.05. The van der Waals surface area contributed by atoms with Crippen LogP contribution in [0, 0.1) is 6.92 Å². The topological polar surface area (TPSA) is 29.3 Å². The second kappa shape index (κ2) is 9.05. The molecule has 1 N–H and O–H groups in total. The molecule has 0 amide bonds. The van der Waals surface area contributed by atoms with Crippen LogP contribution >= 0.6 is 11.8 Å². The Morgan fingerprint density at radius 3 is 2.33 bits per heavy atom. The molecule has 2 saturated carbocycles. The van der Waals surface area contributed by atoms with Gasteiger partial charge in [-0.25, -0.2) is 4.98 Å². The summed E-state index contributed by atoms with van der Waals surface area (Å²) in [4.78, 5) is 6.44. The van der Waals surface area contributed by atoms with Crippen molar-refractivity contribution in [3.05, 3.63) is 48.2 Å². The van der Waals surface area contributed by atoms with E-state index >= 15 is 0 Å². The van der Waals surface area contributed by atoms with E-state index in [0.717, 1.165) is 22.4 Å². The van der Waals surface area contributed by atoms with Crippen molar-refractivity contribution in [2.24, 2.45) is 0 Å². The predicted molar refractivity (Wildman–Crippen MR) is 129 cm³/mol. The molecule has 3 nitrogen and oxygen atoms in total. The van der Waals surface area contributed by atoms with E-state index < -0.39 is 0 Å². The summed E-state index contributed by atoms with van der Waals surface area (Å²) in [5, 5.41) is 4.66. The van der Waals surface area contributed by atoms with Crippen molar-refractivity contribution in [3.63, 3.8) is 0 Å². The molecule has 2 heterocycles. The number of benzene rings is 1. The van der Waals surface area contributed by atoms with Crippen molar-refractivity contribution < 1.29 is 0 Å². The summed E-state index contributed by atoms with van der Waals surface area (Å²) in [5.41, 5.74) is 4.58. The van der Waals surface area contributed by atoms with E-state index in [-0.39, 0.29) is 0 Å². The van der Waals surface area contributed by atoms with Gasteiger partial charge in [-0.1, -0.05) is 50.7 Å². The molecule has 5 rings (SSSR count). The van der Waals surface area contributed by atoms with Gasteiger partial charge in [0.05, 0.1) is 0 Å². The summed E-state index contributed by atoms with van der Waals surface area (Å²) < 4.78 is 2.24. The number of aromatic nitrogens is 2. The Balaban J connectivity index is 1.44. The number of thioether (sulfide) groups is 1. The summed E-state index contributed by atoms with van der Waals surface area (Å²) in [6.07, 6.45) is 15.7. The highest BCUT2D eigenvalue weighted by molar-refractivity contribution is 8.00. The Hall–Kier alpha value is -1.94. The summed E-state index contributed by atoms with van der Waals surface area (Å²) in [6, 6.07) is 14.1. The van der Waals surface area contributed by atoms with Gasteiger partial charge in [-0.15, -0.1) is 11.8 Å². The third-order valence-electron chi connectivity index (χ3n) is 6.71. The number of anilines is 1. The zero-order chi connectivity index (χ0) is 20.3. The number of rotatable bonds is 5. The first-order valence-electron chi connectivity index (χ1n) is 11.8. The van der Waals surface area contributed by atoms with Gasteiger partial charge in [0.1, 0.15) is 17.2 Å². The molecule has 0 aliphatic heterocycles. The Morgan fingerprint density at radius 2 is 1.60 bits per heavy atom. The van der Waals surface area contributed by atoms with Crippen LogP contribution in [0.15, 0.2) is 47.5 Å². The van der Waals surface area contributed by atoms with Gasteiger partial charge in [-0.2, -0.15) is 0 Å². The lowest BCUT2D eigenvalue weighted by atomic mass is 9.95. The van der Waals surface area contributed by atoms with E-state index in [1.807, 2.05) is 0 Å². The first kappa shape index (κ1) is 20.0. The highest BCUT2D eigenvalue weighted by atomic mass is 32.2. The molecule has 3 aromatic rings. The number of aryl methyl sites for hydroxylation is 1. The van der Waals surface area contributed by atoms with Gasteiger partial charge in [-0.3, -0.25) is 4.40 Å². The minimum Gasteiger partial charge on any atom is -0.367 e. The molecule has 4 heteroatoms. The summed E-state index contributed by atoms with van der Waals surface area (Å²) in [7, 11) is 0. The number of nitrogens with zero attached hydrogens (tertiary/aromatic N) is 2. The highest BCUT2D eigenvalue weighted by Gasteiger charge is 2.20. The lowest BCUT2D eigenvalue weighted by Crippen LogP contribution is -2.23. The van der Waals surface area contributed by atoms with Gasteiger partial charge >= 0.3 is 0 Å². The van der Waals surface area contributed by atoms with E-state index in [4.69, 9.17) is 4.98 Å². The second-order valence-electron chi connectivity index (χ2n) is 9.12. The van der Waals surface area contributed by atoms with Crippen molar-refractivity contribution in [1.82, 2.24) is 9.38 Å². The average molecular weight is 420 g/mol. The molecular weight excluding hydrogens is 386 g/mol. The Kier molecular flexibility index (Phi) is 6.03. The Morgan fingerprint density at radius 1 is 0.900 bits per heavy atom. The monoisotopic (exact) mass is 419 g/mol. The molecule has 0 radical (unpaired) electrons. The van der Waals surface area contributed by atoms with Gasteiger partial charge in [-0.05, 0) is 62.4 Å². The van der Waals surface area contributed by atoms with E-state index in [2.05, 4.69) is 71.0 Å². The first-order valence-corrected chi connectivity index (χ1v) is 12.7. The van der Waals surface area contributed by atoms with Crippen LogP contribution in [0.25, 0.3) is 16.9 Å². The van der Waals surface area contributed by atoms with Gasteiger partial charge < -0.3 is 5.32 Å². The van der Waals surface area contributed by atoms with Crippen molar-refractivity contribution in [2.75, 3.05) is 5.32 Å². The van der Waals surface area contributed by atoms with Crippen molar-refractivity contribution >= 4 is 23.2 Å². The fourth-order valence-corrected chi connectivity index (χ4v) is 6.24. The van der Waals surface area contributed by atoms with E-state index in [1.54, 1.807) is 0 Å². The predicted octanol–water partition coefficient (Wildman–Crippen LogP) is 7.48. The van der Waals surface area contributed by atoms with Gasteiger partial charge in [0.25, 0.3) is 0 Å². The van der Waals surface area contributed by atoms with Crippen LogP contribution in [-0.2, 0) is 0 Å². The maximum Gasteiger partial charge on any atom is 0.139 e. The molecule has 2 aromatic heterocycles. The minimum atomic E-state index is 0.555. The van der Waals surface area contributed by atoms with Crippen molar-refractivity contribution in [2.45, 2.75) is 87.3 Å². The number of hydrogen-bond acceptors (Lipinski definition) is 3. The minimum absolute atomic E-state index is 0.555. The number of nitrogens with one attached hydrogen (secondary N) is 1. The second-order valence-corrected chi connectivity index (χ2v) is 10.5. The van der Waals surface area contributed by atoms with Crippen LogP contribution in [-0.4, -0.2) is 20.7 Å². The number of hydrogen-bond donors (Lipinski definition) is 1. The number of pyridine rings is 1. The molecule has 2 aliphatic rings. The van der Waals surface area contributed by atoms with Gasteiger partial charge in [0.2, 0.25) is 0 Å².